The number of anilines is 1. The first-order chi connectivity index (χ1) is 14.3. The molecular formula is C20H17F3N4O3. The maximum atomic E-state index is 12.7. The summed E-state index contributed by atoms with van der Waals surface area (Å²) in [7, 11) is 0. The Morgan fingerprint density at radius 3 is 2.03 bits per heavy atom. The third-order valence-electron chi connectivity index (χ3n) is 5.20. The van der Waals surface area contributed by atoms with Crippen LogP contribution in [0.1, 0.15) is 26.3 Å². The number of benzene rings is 1. The van der Waals surface area contributed by atoms with Crippen LogP contribution in [-0.2, 0) is 11.0 Å². The van der Waals surface area contributed by atoms with Crippen LogP contribution >= 0.6 is 0 Å². The lowest BCUT2D eigenvalue weighted by Crippen LogP contribution is -2.52. The Kier molecular flexibility index (Phi) is 4.92. The van der Waals surface area contributed by atoms with Crippen LogP contribution in [0.3, 0.4) is 0 Å². The van der Waals surface area contributed by atoms with Crippen molar-refractivity contribution in [2.45, 2.75) is 6.18 Å². The second kappa shape index (κ2) is 7.43. The van der Waals surface area contributed by atoms with Crippen LogP contribution < -0.4 is 4.90 Å². The van der Waals surface area contributed by atoms with Gasteiger partial charge in [0.15, 0.2) is 0 Å². The SMILES string of the molecule is O=C(CN1C(=O)c2ccccc2C1=O)N1CCN(c2ccc(C(F)(F)F)cn2)CC1. The van der Waals surface area contributed by atoms with E-state index in [1.165, 1.54) is 11.0 Å². The third kappa shape index (κ3) is 3.60. The zero-order valence-corrected chi connectivity index (χ0v) is 15.7. The molecule has 0 radical (unpaired) electrons. The van der Waals surface area contributed by atoms with Crippen molar-refractivity contribution in [3.8, 4) is 0 Å². The van der Waals surface area contributed by atoms with Crippen molar-refractivity contribution in [3.63, 3.8) is 0 Å². The van der Waals surface area contributed by atoms with Gasteiger partial charge < -0.3 is 9.80 Å². The lowest BCUT2D eigenvalue weighted by Gasteiger charge is -2.36. The van der Waals surface area contributed by atoms with Crippen LogP contribution in [0.15, 0.2) is 42.6 Å². The molecule has 4 rings (SSSR count). The lowest BCUT2D eigenvalue weighted by molar-refractivity contribution is -0.137. The molecule has 3 amide bonds. The molecule has 0 saturated carbocycles. The Labute approximate surface area is 169 Å². The van der Waals surface area contributed by atoms with E-state index in [0.29, 0.717) is 32.0 Å². The molecule has 0 bridgehead atoms. The monoisotopic (exact) mass is 418 g/mol. The second-order valence-corrected chi connectivity index (χ2v) is 7.01. The number of hydrogen-bond donors (Lipinski definition) is 0. The molecule has 2 aliphatic heterocycles. The summed E-state index contributed by atoms with van der Waals surface area (Å²) in [6.07, 6.45) is -3.66. The third-order valence-corrected chi connectivity index (χ3v) is 5.20. The van der Waals surface area contributed by atoms with E-state index in [9.17, 15) is 27.6 Å². The van der Waals surface area contributed by atoms with Crippen LogP contribution in [-0.4, -0.2) is 65.2 Å². The topological polar surface area (TPSA) is 73.8 Å². The Morgan fingerprint density at radius 1 is 0.933 bits per heavy atom. The van der Waals surface area contributed by atoms with E-state index in [1.807, 2.05) is 0 Å². The molecule has 1 saturated heterocycles. The Hall–Kier alpha value is -3.43. The Bertz CT molecular complexity index is 964. The van der Waals surface area contributed by atoms with Gasteiger partial charge in [0.25, 0.3) is 11.8 Å². The van der Waals surface area contributed by atoms with Gasteiger partial charge in [0, 0.05) is 32.4 Å². The fourth-order valence-electron chi connectivity index (χ4n) is 3.54. The van der Waals surface area contributed by atoms with Crippen molar-refractivity contribution >= 4 is 23.5 Å². The van der Waals surface area contributed by atoms with Gasteiger partial charge in [0.05, 0.1) is 16.7 Å². The summed E-state index contributed by atoms with van der Waals surface area (Å²) in [5.41, 5.74) is -0.247. The molecule has 10 heteroatoms. The first-order valence-electron chi connectivity index (χ1n) is 9.27. The molecule has 2 aliphatic rings. The summed E-state index contributed by atoms with van der Waals surface area (Å²) in [5, 5.41) is 0. The Morgan fingerprint density at radius 2 is 1.53 bits per heavy atom. The van der Waals surface area contributed by atoms with E-state index in [-0.39, 0.29) is 23.6 Å². The van der Waals surface area contributed by atoms with Crippen molar-refractivity contribution in [3.05, 3.63) is 59.3 Å². The van der Waals surface area contributed by atoms with E-state index >= 15 is 0 Å². The molecule has 1 aromatic heterocycles. The molecule has 2 aromatic rings. The number of piperazine rings is 1. The standard InChI is InChI=1S/C20H17F3N4O3/c21-20(22,23)13-5-6-16(24-11-13)25-7-9-26(10-8-25)17(28)12-27-18(29)14-3-1-2-4-15(14)19(27)30/h1-6,11H,7-10,12H2. The molecule has 0 spiro atoms. The number of alkyl halides is 3. The average Bonchev–Trinajstić information content (AvgIpc) is 2.98. The highest BCUT2D eigenvalue weighted by Gasteiger charge is 2.37. The van der Waals surface area contributed by atoms with Gasteiger partial charge in [-0.25, -0.2) is 4.98 Å². The zero-order valence-electron chi connectivity index (χ0n) is 15.7. The molecule has 0 atom stereocenters. The van der Waals surface area contributed by atoms with Crippen molar-refractivity contribution in [2.75, 3.05) is 37.6 Å². The van der Waals surface area contributed by atoms with Gasteiger partial charge in [-0.15, -0.1) is 0 Å². The van der Waals surface area contributed by atoms with E-state index in [4.69, 9.17) is 0 Å². The number of imide groups is 1. The molecular weight excluding hydrogens is 401 g/mol. The van der Waals surface area contributed by atoms with Crippen molar-refractivity contribution in [2.24, 2.45) is 0 Å². The van der Waals surface area contributed by atoms with Crippen LogP contribution in [0.4, 0.5) is 19.0 Å². The smallest absolute Gasteiger partial charge is 0.353 e. The summed E-state index contributed by atoms with van der Waals surface area (Å²) in [5.74, 6) is -0.937. The van der Waals surface area contributed by atoms with Crippen LogP contribution in [0.25, 0.3) is 0 Å². The first-order valence-corrected chi connectivity index (χ1v) is 9.27. The maximum Gasteiger partial charge on any atom is 0.417 e. The number of hydrogen-bond acceptors (Lipinski definition) is 5. The summed E-state index contributed by atoms with van der Waals surface area (Å²) < 4.78 is 38.0. The maximum absolute atomic E-state index is 12.7. The van der Waals surface area contributed by atoms with Crippen molar-refractivity contribution < 1.29 is 27.6 Å². The zero-order chi connectivity index (χ0) is 21.5. The summed E-state index contributed by atoms with van der Waals surface area (Å²) in [4.78, 5) is 45.5. The minimum atomic E-state index is -4.44. The number of pyridine rings is 1. The number of fused-ring (bicyclic) bond motifs is 1. The van der Waals surface area contributed by atoms with Crippen LogP contribution in [0.5, 0.6) is 0 Å². The number of halogens is 3. The number of carbonyl (C=O) groups is 3. The Balaban J connectivity index is 1.35. The summed E-state index contributed by atoms with van der Waals surface area (Å²) in [6, 6.07) is 8.70. The van der Waals surface area contributed by atoms with Gasteiger partial charge in [-0.1, -0.05) is 12.1 Å². The number of rotatable bonds is 3. The second-order valence-electron chi connectivity index (χ2n) is 7.01. The highest BCUT2D eigenvalue weighted by atomic mass is 19.4. The summed E-state index contributed by atoms with van der Waals surface area (Å²) >= 11 is 0. The predicted molar refractivity (Wildman–Crippen MR) is 99.8 cm³/mol. The first kappa shape index (κ1) is 19.9. The molecule has 1 aromatic carbocycles. The summed E-state index contributed by atoms with van der Waals surface area (Å²) in [6.45, 7) is 1.04. The predicted octanol–water partition coefficient (Wildman–Crippen LogP) is 2.05. The van der Waals surface area contributed by atoms with Gasteiger partial charge in [0.1, 0.15) is 12.4 Å². The van der Waals surface area contributed by atoms with Crippen molar-refractivity contribution in [1.82, 2.24) is 14.8 Å². The van der Waals surface area contributed by atoms with Crippen molar-refractivity contribution in [1.29, 1.82) is 0 Å². The largest absolute Gasteiger partial charge is 0.417 e. The molecule has 156 valence electrons. The minimum Gasteiger partial charge on any atom is -0.353 e. The van der Waals surface area contributed by atoms with E-state index < -0.39 is 23.6 Å². The molecule has 3 heterocycles. The van der Waals surface area contributed by atoms with E-state index in [1.54, 1.807) is 29.2 Å². The fraction of sp³-hybridized carbons (Fsp3) is 0.300. The number of aromatic nitrogens is 1. The number of amides is 3. The average molecular weight is 418 g/mol. The quantitative estimate of drug-likeness (QED) is 0.714. The minimum absolute atomic E-state index is 0.286. The van der Waals surface area contributed by atoms with Gasteiger partial charge >= 0.3 is 6.18 Å². The fourth-order valence-corrected chi connectivity index (χ4v) is 3.54. The van der Waals surface area contributed by atoms with Gasteiger partial charge in [-0.05, 0) is 24.3 Å². The van der Waals surface area contributed by atoms with Crippen LogP contribution in [0.2, 0.25) is 0 Å². The molecule has 30 heavy (non-hydrogen) atoms. The highest BCUT2D eigenvalue weighted by molar-refractivity contribution is 6.22. The normalized spacial score (nSPS) is 16.8. The van der Waals surface area contributed by atoms with Gasteiger partial charge in [-0.3, -0.25) is 19.3 Å². The molecule has 0 N–H and O–H groups in total. The van der Waals surface area contributed by atoms with E-state index in [0.717, 1.165) is 17.2 Å². The van der Waals surface area contributed by atoms with Crippen LogP contribution in [0, 0.1) is 0 Å². The van der Waals surface area contributed by atoms with Gasteiger partial charge in [-0.2, -0.15) is 13.2 Å². The number of carbonyl (C=O) groups excluding carboxylic acids is 3. The van der Waals surface area contributed by atoms with Gasteiger partial charge in [0.2, 0.25) is 5.91 Å². The highest BCUT2D eigenvalue weighted by Crippen LogP contribution is 2.29. The molecule has 0 aliphatic carbocycles. The lowest BCUT2D eigenvalue weighted by atomic mass is 10.1. The molecule has 1 fully saturated rings. The molecule has 7 nitrogen and oxygen atoms in total. The molecule has 0 unspecified atom stereocenters. The number of nitrogens with zero attached hydrogens (tertiary/aromatic N) is 4. The van der Waals surface area contributed by atoms with E-state index in [2.05, 4.69) is 4.98 Å².